The smallest absolute Gasteiger partial charge is 0.331 e. The van der Waals surface area contributed by atoms with Gasteiger partial charge in [0, 0.05) is 18.5 Å². The lowest BCUT2D eigenvalue weighted by atomic mass is 10.2. The number of aromatic nitrogens is 2. The molecule has 9 heteroatoms. The number of rotatable bonds is 8. The fourth-order valence-electron chi connectivity index (χ4n) is 3.37. The van der Waals surface area contributed by atoms with Crippen LogP contribution in [0.15, 0.2) is 68.1 Å². The molecule has 0 saturated carbocycles. The van der Waals surface area contributed by atoms with E-state index in [2.05, 4.69) is 5.32 Å². The molecule has 4 rings (SSSR count). The van der Waals surface area contributed by atoms with Crippen LogP contribution in [-0.4, -0.2) is 15.0 Å². The third-order valence-corrected chi connectivity index (χ3v) is 5.84. The predicted octanol–water partition coefficient (Wildman–Crippen LogP) is 3.10. The summed E-state index contributed by atoms with van der Waals surface area (Å²) in [5.74, 6) is 0.0286. The molecule has 160 valence electrons. The van der Waals surface area contributed by atoms with E-state index in [1.54, 1.807) is 41.8 Å². The van der Waals surface area contributed by atoms with Gasteiger partial charge in [0.25, 0.3) is 5.56 Å². The number of benzene rings is 1. The van der Waals surface area contributed by atoms with E-state index >= 15 is 0 Å². The fourth-order valence-corrected chi connectivity index (χ4v) is 4.21. The Kier molecular flexibility index (Phi) is 6.13. The van der Waals surface area contributed by atoms with Crippen LogP contribution in [0.5, 0.6) is 0 Å². The number of hydrogen-bond acceptors (Lipinski definition) is 5. The maximum atomic E-state index is 14.1. The predicted molar refractivity (Wildman–Crippen MR) is 116 cm³/mol. The summed E-state index contributed by atoms with van der Waals surface area (Å²) in [6.45, 7) is 0.391. The quantitative estimate of drug-likeness (QED) is 0.455. The van der Waals surface area contributed by atoms with Gasteiger partial charge in [0.15, 0.2) is 0 Å². The summed E-state index contributed by atoms with van der Waals surface area (Å²) in [6, 6.07) is 11.4. The number of carbonyl (C=O) groups is 1. The van der Waals surface area contributed by atoms with Crippen molar-refractivity contribution in [2.45, 2.75) is 32.5 Å². The highest BCUT2D eigenvalue weighted by atomic mass is 32.1. The van der Waals surface area contributed by atoms with Crippen molar-refractivity contribution >= 4 is 27.5 Å². The van der Waals surface area contributed by atoms with Gasteiger partial charge >= 0.3 is 5.69 Å². The Labute approximate surface area is 180 Å². The molecule has 0 bridgehead atoms. The SMILES string of the molecule is O=C(CCCn1c(=O)c2sccc2n(Cc2ccccc2F)c1=O)NCc1ccco1. The van der Waals surface area contributed by atoms with Crippen LogP contribution in [0, 0.1) is 5.82 Å². The van der Waals surface area contributed by atoms with Gasteiger partial charge in [-0.3, -0.25) is 18.7 Å². The van der Waals surface area contributed by atoms with Crippen molar-refractivity contribution in [1.29, 1.82) is 0 Å². The van der Waals surface area contributed by atoms with E-state index in [1.807, 2.05) is 0 Å². The van der Waals surface area contributed by atoms with E-state index < -0.39 is 17.1 Å². The van der Waals surface area contributed by atoms with Crippen molar-refractivity contribution in [2.24, 2.45) is 0 Å². The summed E-state index contributed by atoms with van der Waals surface area (Å²) in [5, 5.41) is 4.47. The maximum Gasteiger partial charge on any atom is 0.331 e. The minimum Gasteiger partial charge on any atom is -0.467 e. The molecule has 0 aliphatic rings. The minimum atomic E-state index is -0.518. The molecule has 0 spiro atoms. The average molecular weight is 441 g/mol. The highest BCUT2D eigenvalue weighted by Crippen LogP contribution is 2.17. The van der Waals surface area contributed by atoms with Crippen molar-refractivity contribution in [3.8, 4) is 0 Å². The lowest BCUT2D eigenvalue weighted by Crippen LogP contribution is -2.40. The molecule has 1 aromatic carbocycles. The van der Waals surface area contributed by atoms with E-state index in [9.17, 15) is 18.8 Å². The Morgan fingerprint density at radius 3 is 2.71 bits per heavy atom. The standard InChI is InChI=1S/C22H20FN3O4S/c23-17-7-2-1-5-15(17)14-26-18-9-12-31-20(18)21(28)25(22(26)29)10-3-8-19(27)24-13-16-6-4-11-30-16/h1-2,4-7,9,11-12H,3,8,10,13-14H2,(H,24,27). The van der Waals surface area contributed by atoms with Gasteiger partial charge < -0.3 is 9.73 Å². The monoisotopic (exact) mass is 441 g/mol. The Balaban J connectivity index is 1.52. The second-order valence-electron chi connectivity index (χ2n) is 7.01. The van der Waals surface area contributed by atoms with Crippen molar-refractivity contribution in [2.75, 3.05) is 0 Å². The van der Waals surface area contributed by atoms with E-state index in [0.29, 0.717) is 28.0 Å². The first-order valence-electron chi connectivity index (χ1n) is 9.78. The van der Waals surface area contributed by atoms with E-state index in [0.717, 1.165) is 4.57 Å². The first-order valence-corrected chi connectivity index (χ1v) is 10.7. The van der Waals surface area contributed by atoms with Gasteiger partial charge in [-0.05, 0) is 36.1 Å². The second kappa shape index (κ2) is 9.13. The number of nitrogens with zero attached hydrogens (tertiary/aromatic N) is 2. The van der Waals surface area contributed by atoms with Crippen LogP contribution in [0.1, 0.15) is 24.2 Å². The molecule has 0 unspecified atom stereocenters. The average Bonchev–Trinajstić information content (AvgIpc) is 3.45. The number of amides is 1. The fraction of sp³-hybridized carbons (Fsp3) is 0.227. The molecule has 4 aromatic rings. The van der Waals surface area contributed by atoms with Gasteiger partial charge in [-0.25, -0.2) is 9.18 Å². The van der Waals surface area contributed by atoms with E-state index in [-0.39, 0.29) is 32.0 Å². The zero-order valence-electron chi connectivity index (χ0n) is 16.5. The maximum absolute atomic E-state index is 14.1. The highest BCUT2D eigenvalue weighted by molar-refractivity contribution is 7.17. The molecule has 1 N–H and O–H groups in total. The molecular weight excluding hydrogens is 421 g/mol. The van der Waals surface area contributed by atoms with Crippen LogP contribution < -0.4 is 16.6 Å². The Morgan fingerprint density at radius 1 is 1.10 bits per heavy atom. The third-order valence-electron chi connectivity index (χ3n) is 4.95. The molecule has 3 heterocycles. The molecule has 0 atom stereocenters. The summed E-state index contributed by atoms with van der Waals surface area (Å²) in [7, 11) is 0. The third kappa shape index (κ3) is 4.51. The molecule has 3 aromatic heterocycles. The molecule has 1 amide bonds. The normalized spacial score (nSPS) is 11.1. The largest absolute Gasteiger partial charge is 0.467 e. The summed E-state index contributed by atoms with van der Waals surface area (Å²) in [4.78, 5) is 37.9. The molecule has 31 heavy (non-hydrogen) atoms. The lowest BCUT2D eigenvalue weighted by molar-refractivity contribution is -0.121. The Bertz CT molecular complexity index is 1320. The van der Waals surface area contributed by atoms with Crippen molar-refractivity contribution in [1.82, 2.24) is 14.5 Å². The van der Waals surface area contributed by atoms with Crippen molar-refractivity contribution < 1.29 is 13.6 Å². The summed E-state index contributed by atoms with van der Waals surface area (Å²) < 4.78 is 22.3. The summed E-state index contributed by atoms with van der Waals surface area (Å²) in [5.41, 5.74) is -0.0683. The summed E-state index contributed by atoms with van der Waals surface area (Å²) >= 11 is 1.24. The Morgan fingerprint density at radius 2 is 1.94 bits per heavy atom. The molecule has 0 aliphatic heterocycles. The molecule has 0 radical (unpaired) electrons. The van der Waals surface area contributed by atoms with Crippen LogP contribution in [0.4, 0.5) is 4.39 Å². The van der Waals surface area contributed by atoms with Gasteiger partial charge in [0.1, 0.15) is 16.3 Å². The van der Waals surface area contributed by atoms with Crippen LogP contribution >= 0.6 is 11.3 Å². The molecule has 7 nitrogen and oxygen atoms in total. The molecule has 0 fully saturated rings. The number of furan rings is 1. The van der Waals surface area contributed by atoms with Crippen LogP contribution in [0.2, 0.25) is 0 Å². The summed E-state index contributed by atoms with van der Waals surface area (Å²) in [6.07, 6.45) is 2.00. The van der Waals surface area contributed by atoms with Gasteiger partial charge in [-0.15, -0.1) is 11.3 Å². The van der Waals surface area contributed by atoms with Gasteiger partial charge in [0.05, 0.1) is 24.9 Å². The number of fused-ring (bicyclic) bond motifs is 1. The number of hydrogen-bond donors (Lipinski definition) is 1. The highest BCUT2D eigenvalue weighted by Gasteiger charge is 2.16. The number of halogens is 1. The molecule has 0 saturated heterocycles. The molecular formula is C22H20FN3O4S. The number of nitrogens with one attached hydrogen (secondary N) is 1. The number of carbonyl (C=O) groups excluding carboxylic acids is 1. The van der Waals surface area contributed by atoms with Gasteiger partial charge in [-0.1, -0.05) is 18.2 Å². The van der Waals surface area contributed by atoms with Crippen molar-refractivity contribution in [3.05, 3.63) is 92.1 Å². The zero-order chi connectivity index (χ0) is 21.8. The minimum absolute atomic E-state index is 0.0165. The first-order chi connectivity index (χ1) is 15.0. The Hall–Kier alpha value is -3.46. The first kappa shape index (κ1) is 20.8. The van der Waals surface area contributed by atoms with E-state index in [4.69, 9.17) is 4.42 Å². The van der Waals surface area contributed by atoms with E-state index in [1.165, 1.54) is 28.2 Å². The van der Waals surface area contributed by atoms with Crippen LogP contribution in [0.25, 0.3) is 10.2 Å². The second-order valence-corrected chi connectivity index (χ2v) is 7.93. The topological polar surface area (TPSA) is 86.2 Å². The number of thiophene rings is 1. The van der Waals surface area contributed by atoms with Gasteiger partial charge in [-0.2, -0.15) is 0 Å². The lowest BCUT2D eigenvalue weighted by Gasteiger charge is -2.13. The molecule has 0 aliphatic carbocycles. The van der Waals surface area contributed by atoms with Crippen LogP contribution in [0.3, 0.4) is 0 Å². The van der Waals surface area contributed by atoms with Gasteiger partial charge in [0.2, 0.25) is 5.91 Å². The van der Waals surface area contributed by atoms with Crippen molar-refractivity contribution in [3.63, 3.8) is 0 Å². The zero-order valence-corrected chi connectivity index (χ0v) is 17.4. The van der Waals surface area contributed by atoms with Crippen LogP contribution in [-0.2, 0) is 24.4 Å².